The second kappa shape index (κ2) is 15.9. The van der Waals surface area contributed by atoms with Gasteiger partial charge in [0, 0.05) is 37.4 Å². The summed E-state index contributed by atoms with van der Waals surface area (Å²) in [4.78, 5) is 14.9. The van der Waals surface area contributed by atoms with E-state index in [-0.39, 0.29) is 31.2 Å². The van der Waals surface area contributed by atoms with Crippen LogP contribution in [0.25, 0.3) is 0 Å². The number of hydrogen-bond donors (Lipinski definition) is 6. The molecule has 0 amide bonds. The average Bonchev–Trinajstić information content (AvgIpc) is 2.87. The minimum atomic E-state index is -1.53. The zero-order chi connectivity index (χ0) is 30.2. The topological polar surface area (TPSA) is 175 Å². The first-order valence-corrected chi connectivity index (χ1v) is 14.4. The number of aliphatic hydroxyl groups excluding tert-OH is 4. The van der Waals surface area contributed by atoms with Crippen LogP contribution < -0.4 is 5.73 Å². The molecule has 0 radical (unpaired) electrons. The monoisotopic (exact) mass is 564 g/mol. The first-order chi connectivity index (χ1) is 18.0. The van der Waals surface area contributed by atoms with E-state index in [1.54, 1.807) is 34.6 Å². The first-order valence-electron chi connectivity index (χ1n) is 14.4. The van der Waals surface area contributed by atoms with Gasteiger partial charge < -0.3 is 50.4 Å². The number of aliphatic hydroxyl groups is 5. The third-order valence-electron chi connectivity index (χ3n) is 8.21. The summed E-state index contributed by atoms with van der Waals surface area (Å²) in [6.45, 7) is 14.6. The SMILES string of the molecule is CC[C@H](O)OC(=O)[C@H](C)[C@@H](O[C@H]1CC(N)[C@H](O)C(C)O1)[C@H](C)[C@@H](O)C(C)(O)C[C@@H](C)CN(C)[C@H](C)[C@@H](O)CC. The Hall–Kier alpha value is -0.890. The summed E-state index contributed by atoms with van der Waals surface area (Å²) in [6.07, 6.45) is -5.02. The molecule has 3 unspecified atom stereocenters. The van der Waals surface area contributed by atoms with E-state index >= 15 is 0 Å². The maximum absolute atomic E-state index is 12.9. The van der Waals surface area contributed by atoms with E-state index in [1.807, 2.05) is 32.7 Å². The number of nitrogens with zero attached hydrogens (tertiary/aromatic N) is 1. The highest BCUT2D eigenvalue weighted by Gasteiger charge is 2.45. The number of nitrogens with two attached hydrogens (primary N) is 1. The van der Waals surface area contributed by atoms with E-state index in [4.69, 9.17) is 19.9 Å². The van der Waals surface area contributed by atoms with Crippen LogP contribution in [-0.4, -0.2) is 111 Å². The molecule has 0 aromatic heterocycles. The quantitative estimate of drug-likeness (QED) is 0.116. The molecule has 11 heteroatoms. The molecule has 13 atom stereocenters. The highest BCUT2D eigenvalue weighted by Crippen LogP contribution is 2.33. The molecule has 0 aliphatic carbocycles. The van der Waals surface area contributed by atoms with Crippen LogP contribution in [0.3, 0.4) is 0 Å². The molecule has 0 bridgehead atoms. The van der Waals surface area contributed by atoms with Crippen molar-refractivity contribution in [2.75, 3.05) is 13.6 Å². The van der Waals surface area contributed by atoms with Crippen molar-refractivity contribution >= 4 is 5.97 Å². The number of rotatable bonds is 16. The fourth-order valence-corrected chi connectivity index (χ4v) is 5.43. The van der Waals surface area contributed by atoms with E-state index in [1.165, 1.54) is 0 Å². The third-order valence-corrected chi connectivity index (χ3v) is 8.21. The van der Waals surface area contributed by atoms with Crippen LogP contribution in [0.5, 0.6) is 0 Å². The zero-order valence-electron chi connectivity index (χ0n) is 25.4. The standard InChI is InChI=1S/C28H56N2O9/c1-10-21(31)18(6)30(9)14-15(3)13-28(8,36)26(34)16(4)25(17(5)27(35)38-22(32)11-2)39-23-12-20(29)24(33)19(7)37-23/h15-26,31-34,36H,10-14,29H2,1-9H3/t15-,16+,17-,18-,19?,20?,21+,22-,23+,24-,25+,26-,28?/m1/s1. The van der Waals surface area contributed by atoms with Gasteiger partial charge in [-0.2, -0.15) is 0 Å². The Bertz CT molecular complexity index is 715. The van der Waals surface area contributed by atoms with Gasteiger partial charge in [0.1, 0.15) is 0 Å². The van der Waals surface area contributed by atoms with Gasteiger partial charge in [-0.25, -0.2) is 0 Å². The second-order valence-corrected chi connectivity index (χ2v) is 12.0. The smallest absolute Gasteiger partial charge is 0.313 e. The van der Waals surface area contributed by atoms with Crippen LogP contribution in [0.4, 0.5) is 0 Å². The molecular formula is C28H56N2O9. The molecule has 1 aliphatic heterocycles. The van der Waals surface area contributed by atoms with E-state index in [9.17, 15) is 30.3 Å². The molecule has 1 heterocycles. The van der Waals surface area contributed by atoms with Gasteiger partial charge in [0.25, 0.3) is 0 Å². The maximum atomic E-state index is 12.9. The minimum absolute atomic E-state index is 0.0261. The van der Waals surface area contributed by atoms with Gasteiger partial charge in [0.15, 0.2) is 12.6 Å². The summed E-state index contributed by atoms with van der Waals surface area (Å²) < 4.78 is 17.1. The molecule has 0 spiro atoms. The van der Waals surface area contributed by atoms with Gasteiger partial charge in [-0.05, 0) is 53.5 Å². The Morgan fingerprint density at radius 2 is 1.74 bits per heavy atom. The molecule has 232 valence electrons. The molecule has 1 fully saturated rings. The summed E-state index contributed by atoms with van der Waals surface area (Å²) in [5.41, 5.74) is 4.53. The van der Waals surface area contributed by atoms with Gasteiger partial charge in [-0.15, -0.1) is 0 Å². The normalized spacial score (nSPS) is 29.9. The first kappa shape index (κ1) is 36.1. The summed E-state index contributed by atoms with van der Waals surface area (Å²) in [5, 5.41) is 53.0. The van der Waals surface area contributed by atoms with Crippen molar-refractivity contribution in [2.45, 2.75) is 142 Å². The summed E-state index contributed by atoms with van der Waals surface area (Å²) in [6, 6.07) is -0.657. The lowest BCUT2D eigenvalue weighted by atomic mass is 9.78. The van der Waals surface area contributed by atoms with Crippen molar-refractivity contribution in [1.29, 1.82) is 0 Å². The highest BCUT2D eigenvalue weighted by molar-refractivity contribution is 5.72. The molecule has 0 saturated carbocycles. The fourth-order valence-electron chi connectivity index (χ4n) is 5.43. The molecule has 1 saturated heterocycles. The van der Waals surface area contributed by atoms with Gasteiger partial charge in [-0.1, -0.05) is 27.7 Å². The van der Waals surface area contributed by atoms with Gasteiger partial charge in [-0.3, -0.25) is 4.79 Å². The Morgan fingerprint density at radius 3 is 2.26 bits per heavy atom. The van der Waals surface area contributed by atoms with Crippen LogP contribution in [0.2, 0.25) is 0 Å². The van der Waals surface area contributed by atoms with Crippen LogP contribution in [0.1, 0.15) is 81.1 Å². The van der Waals surface area contributed by atoms with E-state index in [0.717, 1.165) is 0 Å². The van der Waals surface area contributed by atoms with Crippen molar-refractivity contribution < 1.29 is 44.5 Å². The maximum Gasteiger partial charge on any atom is 0.313 e. The molecule has 0 aromatic carbocycles. The Kier molecular flexibility index (Phi) is 14.8. The van der Waals surface area contributed by atoms with Crippen LogP contribution in [0.15, 0.2) is 0 Å². The predicted octanol–water partition coefficient (Wildman–Crippen LogP) is 0.968. The van der Waals surface area contributed by atoms with Gasteiger partial charge >= 0.3 is 5.97 Å². The number of esters is 1. The Balaban J connectivity index is 3.08. The van der Waals surface area contributed by atoms with Crippen LogP contribution >= 0.6 is 0 Å². The predicted molar refractivity (Wildman–Crippen MR) is 147 cm³/mol. The van der Waals surface area contributed by atoms with E-state index < -0.39 is 72.5 Å². The fraction of sp³-hybridized carbons (Fsp3) is 0.964. The average molecular weight is 565 g/mol. The summed E-state index contributed by atoms with van der Waals surface area (Å²) in [5.74, 6) is -2.41. The van der Waals surface area contributed by atoms with E-state index in [2.05, 4.69) is 0 Å². The van der Waals surface area contributed by atoms with Crippen LogP contribution in [0, 0.1) is 17.8 Å². The minimum Gasteiger partial charge on any atom is -0.436 e. The Labute approximate surface area is 234 Å². The van der Waals surface area contributed by atoms with Crippen molar-refractivity contribution in [3.05, 3.63) is 0 Å². The number of likely N-dealkylation sites (N-methyl/N-ethyl adjacent to an activating group) is 1. The van der Waals surface area contributed by atoms with Crippen molar-refractivity contribution in [2.24, 2.45) is 23.5 Å². The van der Waals surface area contributed by atoms with Gasteiger partial charge in [0.05, 0.1) is 42.0 Å². The molecule has 11 nitrogen and oxygen atoms in total. The number of hydrogen-bond acceptors (Lipinski definition) is 11. The molecular weight excluding hydrogens is 508 g/mol. The van der Waals surface area contributed by atoms with Crippen LogP contribution in [-0.2, 0) is 19.0 Å². The summed E-state index contributed by atoms with van der Waals surface area (Å²) >= 11 is 0. The molecule has 0 aromatic rings. The van der Waals surface area contributed by atoms with Crippen molar-refractivity contribution in [3.8, 4) is 0 Å². The number of ether oxygens (including phenoxy) is 3. The molecule has 7 N–H and O–H groups in total. The zero-order valence-corrected chi connectivity index (χ0v) is 25.4. The largest absolute Gasteiger partial charge is 0.436 e. The Morgan fingerprint density at radius 1 is 1.15 bits per heavy atom. The van der Waals surface area contributed by atoms with Crippen molar-refractivity contribution in [3.63, 3.8) is 0 Å². The number of carbonyl (C=O) groups is 1. The lowest BCUT2D eigenvalue weighted by molar-refractivity contribution is -0.261. The molecule has 1 aliphatic rings. The van der Waals surface area contributed by atoms with Gasteiger partial charge in [0.2, 0.25) is 0 Å². The number of carbonyl (C=O) groups excluding carboxylic acids is 1. The second-order valence-electron chi connectivity index (χ2n) is 12.0. The van der Waals surface area contributed by atoms with E-state index in [0.29, 0.717) is 13.0 Å². The van der Waals surface area contributed by atoms with Crippen molar-refractivity contribution in [1.82, 2.24) is 4.90 Å². The molecule has 1 rings (SSSR count). The third kappa shape index (κ3) is 10.5. The lowest BCUT2D eigenvalue weighted by Crippen LogP contribution is -2.55. The highest BCUT2D eigenvalue weighted by atomic mass is 16.7. The lowest BCUT2D eigenvalue weighted by Gasteiger charge is -2.43. The summed E-state index contributed by atoms with van der Waals surface area (Å²) in [7, 11) is 1.92. The molecule has 39 heavy (non-hydrogen) atoms.